The highest BCUT2D eigenvalue weighted by Gasteiger charge is 2.17. The average Bonchev–Trinajstić information content (AvgIpc) is 3.02. The molecule has 1 N–H and O–H groups in total. The molecule has 0 fully saturated rings. The largest absolute Gasteiger partial charge is 0.345 e. The number of fused-ring (bicyclic) bond motifs is 1. The Hall–Kier alpha value is -1.74. The van der Waals surface area contributed by atoms with Gasteiger partial charge in [-0.2, -0.15) is 0 Å². The van der Waals surface area contributed by atoms with Gasteiger partial charge in [0, 0.05) is 10.1 Å². The van der Waals surface area contributed by atoms with Gasteiger partial charge in [-0.1, -0.05) is 44.2 Å². The summed E-state index contributed by atoms with van der Waals surface area (Å²) in [5.74, 6) is 0.00625. The Labute approximate surface area is 149 Å². The Bertz CT molecular complexity index is 738. The molecule has 0 bridgehead atoms. The Balaban J connectivity index is 1.75. The van der Waals surface area contributed by atoms with Crippen LogP contribution in [0, 0.1) is 0 Å². The second-order valence-corrected chi connectivity index (χ2v) is 8.36. The molecule has 1 aliphatic carbocycles. The lowest BCUT2D eigenvalue weighted by atomic mass is 10.0. The SMILES string of the molecule is CC(C)Sc1ccccc1C(=O)N[C@H](C)c1ccc2c(c1)CCC2. The van der Waals surface area contributed by atoms with Crippen LogP contribution in [0.25, 0.3) is 0 Å². The van der Waals surface area contributed by atoms with Crippen LogP contribution < -0.4 is 5.32 Å². The van der Waals surface area contributed by atoms with Crippen molar-refractivity contribution in [2.75, 3.05) is 0 Å². The first-order chi connectivity index (χ1) is 11.5. The summed E-state index contributed by atoms with van der Waals surface area (Å²) in [4.78, 5) is 13.8. The van der Waals surface area contributed by atoms with E-state index in [9.17, 15) is 4.79 Å². The standard InChI is InChI=1S/C21H25NOS/c1-14(2)24-20-10-5-4-9-19(20)21(23)22-15(3)17-12-11-16-7-6-8-18(16)13-17/h4-5,9-15H,6-8H2,1-3H3,(H,22,23)/t15-/m1/s1. The van der Waals surface area contributed by atoms with Crippen LogP contribution in [0.1, 0.15) is 60.3 Å². The van der Waals surface area contributed by atoms with Gasteiger partial charge in [-0.15, -0.1) is 11.8 Å². The van der Waals surface area contributed by atoms with E-state index in [1.807, 2.05) is 24.3 Å². The Morgan fingerprint density at radius 1 is 1.04 bits per heavy atom. The second kappa shape index (κ2) is 7.43. The number of amides is 1. The zero-order valence-electron chi connectivity index (χ0n) is 14.6. The van der Waals surface area contributed by atoms with Gasteiger partial charge >= 0.3 is 0 Å². The molecule has 1 amide bonds. The van der Waals surface area contributed by atoms with Crippen molar-refractivity contribution in [2.45, 2.75) is 56.2 Å². The van der Waals surface area contributed by atoms with Crippen molar-refractivity contribution in [3.05, 3.63) is 64.7 Å². The second-order valence-electron chi connectivity index (χ2n) is 6.74. The molecule has 0 saturated carbocycles. The molecule has 0 radical (unpaired) electrons. The highest BCUT2D eigenvalue weighted by Crippen LogP contribution is 2.28. The van der Waals surface area contributed by atoms with Crippen LogP contribution in [0.3, 0.4) is 0 Å². The normalized spacial score (nSPS) is 14.5. The smallest absolute Gasteiger partial charge is 0.252 e. The molecular formula is C21H25NOS. The molecule has 3 heteroatoms. The third-order valence-corrected chi connectivity index (χ3v) is 5.55. The van der Waals surface area contributed by atoms with Gasteiger partial charge in [0.25, 0.3) is 5.91 Å². The Kier molecular flexibility index (Phi) is 5.30. The third-order valence-electron chi connectivity index (χ3n) is 4.46. The van der Waals surface area contributed by atoms with Crippen LogP contribution in [0.4, 0.5) is 0 Å². The summed E-state index contributed by atoms with van der Waals surface area (Å²) in [5, 5.41) is 3.62. The fourth-order valence-electron chi connectivity index (χ4n) is 3.23. The summed E-state index contributed by atoms with van der Waals surface area (Å²) in [6, 6.07) is 14.5. The topological polar surface area (TPSA) is 29.1 Å². The molecule has 0 saturated heterocycles. The molecule has 2 aromatic carbocycles. The molecule has 0 unspecified atom stereocenters. The van der Waals surface area contributed by atoms with E-state index in [2.05, 4.69) is 44.3 Å². The number of rotatable bonds is 5. The van der Waals surface area contributed by atoms with Crippen molar-refractivity contribution in [3.8, 4) is 0 Å². The van der Waals surface area contributed by atoms with Crippen LogP contribution in [0.2, 0.25) is 0 Å². The number of benzene rings is 2. The summed E-state index contributed by atoms with van der Waals surface area (Å²) >= 11 is 1.73. The number of aryl methyl sites for hydroxylation is 2. The molecule has 24 heavy (non-hydrogen) atoms. The van der Waals surface area contributed by atoms with Crippen LogP contribution in [-0.4, -0.2) is 11.2 Å². The fraction of sp³-hybridized carbons (Fsp3) is 0.381. The van der Waals surface area contributed by atoms with Gasteiger partial charge in [0.1, 0.15) is 0 Å². The van der Waals surface area contributed by atoms with Crippen molar-refractivity contribution in [1.29, 1.82) is 0 Å². The molecule has 0 spiro atoms. The van der Waals surface area contributed by atoms with Gasteiger partial charge in [0.15, 0.2) is 0 Å². The minimum absolute atomic E-state index is 0.00625. The van der Waals surface area contributed by atoms with Crippen molar-refractivity contribution in [3.63, 3.8) is 0 Å². The van der Waals surface area contributed by atoms with Crippen molar-refractivity contribution in [1.82, 2.24) is 5.32 Å². The van der Waals surface area contributed by atoms with Crippen molar-refractivity contribution in [2.24, 2.45) is 0 Å². The molecule has 0 aliphatic heterocycles. The monoisotopic (exact) mass is 339 g/mol. The molecule has 0 heterocycles. The van der Waals surface area contributed by atoms with E-state index in [-0.39, 0.29) is 11.9 Å². The zero-order chi connectivity index (χ0) is 17.1. The number of carbonyl (C=O) groups excluding carboxylic acids is 1. The van der Waals surface area contributed by atoms with Crippen LogP contribution in [0.15, 0.2) is 47.4 Å². The Morgan fingerprint density at radius 2 is 1.79 bits per heavy atom. The quantitative estimate of drug-likeness (QED) is 0.762. The van der Waals surface area contributed by atoms with Gasteiger partial charge in [0.05, 0.1) is 11.6 Å². The first kappa shape index (κ1) is 17.1. The molecule has 1 aliphatic rings. The summed E-state index contributed by atoms with van der Waals surface area (Å²) in [6.45, 7) is 6.35. The van der Waals surface area contributed by atoms with Crippen LogP contribution in [0.5, 0.6) is 0 Å². The van der Waals surface area contributed by atoms with Gasteiger partial charge in [-0.05, 0) is 55.0 Å². The van der Waals surface area contributed by atoms with E-state index >= 15 is 0 Å². The molecule has 2 nitrogen and oxygen atoms in total. The van der Waals surface area contributed by atoms with Crippen LogP contribution in [-0.2, 0) is 12.8 Å². The lowest BCUT2D eigenvalue weighted by Gasteiger charge is -2.17. The average molecular weight is 340 g/mol. The Morgan fingerprint density at radius 3 is 2.58 bits per heavy atom. The third kappa shape index (κ3) is 3.84. The summed E-state index contributed by atoms with van der Waals surface area (Å²) < 4.78 is 0. The van der Waals surface area contributed by atoms with E-state index in [0.717, 1.165) is 16.9 Å². The molecule has 126 valence electrons. The van der Waals surface area contributed by atoms with Gasteiger partial charge in [-0.25, -0.2) is 0 Å². The summed E-state index contributed by atoms with van der Waals surface area (Å²) in [7, 11) is 0. The lowest BCUT2D eigenvalue weighted by Crippen LogP contribution is -2.27. The van der Waals surface area contributed by atoms with Gasteiger partial charge in [0.2, 0.25) is 0 Å². The first-order valence-corrected chi connectivity index (χ1v) is 9.61. The maximum Gasteiger partial charge on any atom is 0.252 e. The number of carbonyl (C=O) groups is 1. The van der Waals surface area contributed by atoms with E-state index in [4.69, 9.17) is 0 Å². The summed E-state index contributed by atoms with van der Waals surface area (Å²) in [5.41, 5.74) is 4.88. The highest BCUT2D eigenvalue weighted by molar-refractivity contribution is 8.00. The maximum absolute atomic E-state index is 12.7. The van der Waals surface area contributed by atoms with Crippen molar-refractivity contribution >= 4 is 17.7 Å². The predicted molar refractivity (Wildman–Crippen MR) is 102 cm³/mol. The fourth-order valence-corrected chi connectivity index (χ4v) is 4.18. The van der Waals surface area contributed by atoms with Gasteiger partial charge < -0.3 is 5.32 Å². The predicted octanol–water partition coefficient (Wildman–Crippen LogP) is 5.17. The number of hydrogen-bond donors (Lipinski definition) is 1. The lowest BCUT2D eigenvalue weighted by molar-refractivity contribution is 0.0937. The molecule has 3 rings (SSSR count). The van der Waals surface area contributed by atoms with Crippen LogP contribution >= 0.6 is 11.8 Å². The van der Waals surface area contributed by atoms with E-state index in [0.29, 0.717) is 5.25 Å². The van der Waals surface area contributed by atoms with E-state index < -0.39 is 0 Å². The number of thioether (sulfide) groups is 1. The summed E-state index contributed by atoms with van der Waals surface area (Å²) in [6.07, 6.45) is 3.60. The molecular weight excluding hydrogens is 314 g/mol. The van der Waals surface area contributed by atoms with Gasteiger partial charge in [-0.3, -0.25) is 4.79 Å². The number of nitrogens with one attached hydrogen (secondary N) is 1. The number of hydrogen-bond acceptors (Lipinski definition) is 2. The van der Waals surface area contributed by atoms with E-state index in [1.165, 1.54) is 29.5 Å². The molecule has 0 aromatic heterocycles. The maximum atomic E-state index is 12.7. The zero-order valence-corrected chi connectivity index (χ0v) is 15.5. The minimum atomic E-state index is 0.00625. The first-order valence-electron chi connectivity index (χ1n) is 8.73. The highest BCUT2D eigenvalue weighted by atomic mass is 32.2. The van der Waals surface area contributed by atoms with E-state index in [1.54, 1.807) is 11.8 Å². The minimum Gasteiger partial charge on any atom is -0.345 e. The molecule has 1 atom stereocenters. The van der Waals surface area contributed by atoms with Crippen molar-refractivity contribution < 1.29 is 4.79 Å². The molecule has 2 aromatic rings.